The van der Waals surface area contributed by atoms with Crippen LogP contribution in [0.3, 0.4) is 0 Å². The van der Waals surface area contributed by atoms with Crippen LogP contribution in [0.4, 0.5) is 0 Å². The van der Waals surface area contributed by atoms with Gasteiger partial charge >= 0.3 is 0 Å². The molecule has 0 aromatic carbocycles. The summed E-state index contributed by atoms with van der Waals surface area (Å²) in [7, 11) is 0. The lowest BCUT2D eigenvalue weighted by Crippen LogP contribution is -2.64. The Morgan fingerprint density at radius 2 is 2.09 bits per heavy atom. The number of nitrogens with zero attached hydrogens (tertiary/aromatic N) is 2. The highest BCUT2D eigenvalue weighted by molar-refractivity contribution is 5.84. The van der Waals surface area contributed by atoms with Crippen LogP contribution in [0.1, 0.15) is 77.1 Å². The number of carbonyl (C=O) groups is 1. The molecule has 23 heavy (non-hydrogen) atoms. The van der Waals surface area contributed by atoms with Crippen molar-refractivity contribution < 1.29 is 35.9 Å². The summed E-state index contributed by atoms with van der Waals surface area (Å²) in [5.41, 5.74) is -2.63. The lowest BCUT2D eigenvalue weighted by Gasteiger charge is -2.61. The minimum absolute atomic E-state index is 0.201. The van der Waals surface area contributed by atoms with Crippen LogP contribution in [0.2, 0.25) is 0 Å². The van der Waals surface area contributed by atoms with E-state index in [1.807, 2.05) is 0 Å². The standard InChI is InChI=1S/C18H25N3O2/c19-8-13-2-12-3-14(12)21(13)16(22)15(20)17-4-10-1-11(5-17)7-18(23,6-10)9-17/h10-15,23H,1-7,9,20H2/t10?,11?,12-,13+,14+,15-,17?,18?/m1/s1/i1D2,3D2,4D2,5D2,6D2,7D2,9D2,10D,11D,12D,13D,14D. The number of hydrogen-bond donors (Lipinski definition) is 2. The summed E-state index contributed by atoms with van der Waals surface area (Å²) in [6, 6.07) is -8.08. The molecule has 1 aliphatic heterocycles. The number of carbonyl (C=O) groups excluding carboxylic acids is 1. The molecule has 5 heteroatoms. The van der Waals surface area contributed by atoms with E-state index in [1.165, 1.54) is 6.07 Å². The summed E-state index contributed by atoms with van der Waals surface area (Å²) in [6.07, 6.45) is -30.1. The van der Waals surface area contributed by atoms with Crippen LogP contribution >= 0.6 is 0 Å². The molecule has 5 aliphatic carbocycles. The quantitative estimate of drug-likeness (QED) is 0.793. The molecule has 1 amide bonds. The van der Waals surface area contributed by atoms with Gasteiger partial charge < -0.3 is 15.7 Å². The molecule has 1 heterocycles. The molecule has 0 radical (unpaired) electrons. The number of fused-ring (bicyclic) bond motifs is 1. The number of nitrogens with two attached hydrogens (primary N) is 1. The average molecular weight is 335 g/mol. The Morgan fingerprint density at radius 1 is 1.39 bits per heavy atom. The van der Waals surface area contributed by atoms with Gasteiger partial charge in [-0.3, -0.25) is 4.79 Å². The van der Waals surface area contributed by atoms with Gasteiger partial charge in [-0.1, -0.05) is 0 Å². The van der Waals surface area contributed by atoms with Gasteiger partial charge in [-0.25, -0.2) is 0 Å². The predicted molar refractivity (Wildman–Crippen MR) is 82.8 cm³/mol. The van der Waals surface area contributed by atoms with Crippen molar-refractivity contribution in [3.8, 4) is 6.07 Å². The summed E-state index contributed by atoms with van der Waals surface area (Å²) in [5.74, 6) is -13.3. The fourth-order valence-electron chi connectivity index (χ4n) is 3.24. The lowest BCUT2D eigenvalue weighted by atomic mass is 9.46. The molecule has 6 rings (SSSR count). The largest absolute Gasteiger partial charge is 0.390 e. The third kappa shape index (κ3) is 1.88. The molecular formula is C18H25N3O2. The number of nitriles is 1. The van der Waals surface area contributed by atoms with Gasteiger partial charge in [0.2, 0.25) is 5.91 Å². The Balaban J connectivity index is 1.91. The molecule has 6 fully saturated rings. The second kappa shape index (κ2) is 4.29. The van der Waals surface area contributed by atoms with E-state index in [0.717, 1.165) is 0 Å². The van der Waals surface area contributed by atoms with Gasteiger partial charge in [0.15, 0.2) is 0 Å². The predicted octanol–water partition coefficient (Wildman–Crippen LogP) is 1.16. The molecule has 5 nitrogen and oxygen atoms in total. The lowest BCUT2D eigenvalue weighted by molar-refractivity contribution is -0.177. The third-order valence-corrected chi connectivity index (χ3v) is 4.30. The molecule has 0 aromatic rings. The van der Waals surface area contributed by atoms with Crippen LogP contribution < -0.4 is 5.73 Å². The first-order chi connectivity index (χ1) is 18.2. The molecule has 0 spiro atoms. The zero-order valence-corrected chi connectivity index (χ0v) is 11.6. The number of aliphatic hydroxyl groups is 1. The van der Waals surface area contributed by atoms with Crippen molar-refractivity contribution >= 4 is 5.91 Å². The summed E-state index contributed by atoms with van der Waals surface area (Å²) in [5, 5.41) is 21.4. The van der Waals surface area contributed by atoms with Gasteiger partial charge in [-0.05, 0) is 74.1 Å². The van der Waals surface area contributed by atoms with Crippen molar-refractivity contribution in [1.29, 1.82) is 5.26 Å². The molecule has 6 aliphatic rings. The van der Waals surface area contributed by atoms with E-state index in [1.54, 1.807) is 0 Å². The third-order valence-electron chi connectivity index (χ3n) is 4.30. The van der Waals surface area contributed by atoms with E-state index in [2.05, 4.69) is 0 Å². The molecule has 0 aromatic heterocycles. The average Bonchev–Trinajstić information content (AvgIpc) is 3.03. The van der Waals surface area contributed by atoms with E-state index < -0.39 is 104 Å². The highest BCUT2D eigenvalue weighted by atomic mass is 16.3. The van der Waals surface area contributed by atoms with Crippen molar-refractivity contribution in [1.82, 2.24) is 4.90 Å². The normalized spacial score (nSPS) is 97.3. The van der Waals surface area contributed by atoms with Crippen molar-refractivity contribution in [2.75, 3.05) is 0 Å². The molecule has 6 atom stereocenters. The molecule has 4 bridgehead atoms. The van der Waals surface area contributed by atoms with Crippen LogP contribution in [-0.2, 0) is 4.79 Å². The van der Waals surface area contributed by atoms with E-state index in [0.29, 0.717) is 0 Å². The maximum absolute atomic E-state index is 14.1. The maximum Gasteiger partial charge on any atom is 0.241 e. The zero-order chi connectivity index (χ0) is 33.1. The molecule has 5 saturated carbocycles. The van der Waals surface area contributed by atoms with Gasteiger partial charge in [0.25, 0.3) is 0 Å². The smallest absolute Gasteiger partial charge is 0.241 e. The number of piperidine rings is 1. The fraction of sp³-hybridized carbons (Fsp3) is 0.889. The maximum atomic E-state index is 14.1. The summed E-state index contributed by atoms with van der Waals surface area (Å²) in [4.78, 5) is 13.9. The SMILES string of the molecule is [2H]C1([2H])C2([2H])C([2H])([2H])C3(O)C([2H])([2H])C1([2H])C([2H])([2H])C([C@H](N)C(=O)N1[C@@]4([2H])C([2H])([2H])[C@@]4([2H])C[C@@]1([2H])C#N)(C2([2H])[2H])C3([2H])[2H]. The van der Waals surface area contributed by atoms with E-state index >= 15 is 0 Å². The first kappa shape index (κ1) is 4.74. The van der Waals surface area contributed by atoms with Crippen LogP contribution in [-0.4, -0.2) is 39.6 Å². The Hall–Kier alpha value is -1.12. The topological polar surface area (TPSA) is 90.3 Å². The highest BCUT2D eigenvalue weighted by Crippen LogP contribution is 2.63. The van der Waals surface area contributed by atoms with Crippen LogP contribution in [0.5, 0.6) is 0 Å². The monoisotopic (exact) mass is 334 g/mol. The zero-order valence-electron chi connectivity index (χ0n) is 30.6. The van der Waals surface area contributed by atoms with E-state index in [-0.39, 0.29) is 4.90 Å². The van der Waals surface area contributed by atoms with Crippen molar-refractivity contribution in [3.63, 3.8) is 0 Å². The van der Waals surface area contributed by atoms with Gasteiger partial charge in [-0.2, -0.15) is 5.26 Å². The van der Waals surface area contributed by atoms with E-state index in [9.17, 15) is 15.2 Å². The summed E-state index contributed by atoms with van der Waals surface area (Å²) in [6.45, 7) is 0. The first-order valence-electron chi connectivity index (χ1n) is 16.4. The summed E-state index contributed by atoms with van der Waals surface area (Å²) < 4.78 is 163. The first-order valence-corrected chi connectivity index (χ1v) is 6.94. The van der Waals surface area contributed by atoms with Gasteiger partial charge in [0.05, 0.1) is 20.5 Å². The van der Waals surface area contributed by atoms with Gasteiger partial charge in [-0.15, -0.1) is 0 Å². The summed E-state index contributed by atoms with van der Waals surface area (Å²) >= 11 is 0. The molecule has 3 N–H and O–H groups in total. The Morgan fingerprint density at radius 3 is 2.74 bits per heavy atom. The molecule has 2 unspecified atom stereocenters. The van der Waals surface area contributed by atoms with Crippen molar-refractivity contribution in [2.24, 2.45) is 28.8 Å². The minimum Gasteiger partial charge on any atom is -0.390 e. The van der Waals surface area contributed by atoms with Crippen LogP contribution in [0.25, 0.3) is 0 Å². The van der Waals surface area contributed by atoms with Gasteiger partial charge in [0.1, 0.15) is 6.02 Å². The minimum atomic E-state index is -4.46. The Bertz CT molecular complexity index is 1280. The number of likely N-dealkylation sites (tertiary alicyclic amines) is 1. The van der Waals surface area contributed by atoms with E-state index in [4.69, 9.17) is 31.8 Å². The van der Waals surface area contributed by atoms with Crippen molar-refractivity contribution in [3.05, 3.63) is 0 Å². The van der Waals surface area contributed by atoms with Crippen molar-refractivity contribution in [2.45, 2.75) is 74.7 Å². The molecule has 1 saturated heterocycles. The Labute approximate surface area is 163 Å². The fourth-order valence-corrected chi connectivity index (χ4v) is 3.24. The molecular weight excluding hydrogens is 290 g/mol. The molecule has 124 valence electrons. The number of hydrogen-bond acceptors (Lipinski definition) is 4. The van der Waals surface area contributed by atoms with Crippen LogP contribution in [0.15, 0.2) is 0 Å². The van der Waals surface area contributed by atoms with Gasteiger partial charge in [0, 0.05) is 29.3 Å². The number of amides is 1. The Kier molecular flexibility index (Phi) is 0.882. The second-order valence-corrected chi connectivity index (χ2v) is 5.86. The second-order valence-electron chi connectivity index (χ2n) is 5.86. The van der Waals surface area contributed by atoms with Crippen LogP contribution in [0, 0.1) is 34.4 Å². The highest BCUT2D eigenvalue weighted by Gasteiger charge is 2.62. The number of rotatable bonds is 2.